The van der Waals surface area contributed by atoms with Crippen LogP contribution in [0.15, 0.2) is 20.9 Å². The minimum absolute atomic E-state index is 0.0471. The monoisotopic (exact) mass is 372 g/mol. The Morgan fingerprint density at radius 3 is 2.88 bits per heavy atom. The van der Waals surface area contributed by atoms with Crippen LogP contribution in [-0.4, -0.2) is 42.9 Å². The topological polar surface area (TPSA) is 118 Å². The molecule has 0 atom stereocenters. The molecule has 0 aromatic carbocycles. The average molecular weight is 372 g/mol. The number of thiazole rings is 1. The number of aryl methyl sites for hydroxylation is 1. The quantitative estimate of drug-likeness (QED) is 0.724. The first-order valence-corrected chi connectivity index (χ1v) is 8.99. The summed E-state index contributed by atoms with van der Waals surface area (Å²) in [7, 11) is 1.58. The Bertz CT molecular complexity index is 1020. The third-order valence-corrected chi connectivity index (χ3v) is 4.80. The smallest absolute Gasteiger partial charge is 0.264 e. The second-order valence-corrected chi connectivity index (χ2v) is 7.27. The maximum Gasteiger partial charge on any atom is 0.264 e. The number of nitrogens with zero attached hydrogens (tertiary/aromatic N) is 5. The molecule has 0 radical (unpaired) electrons. The van der Waals surface area contributed by atoms with Gasteiger partial charge in [0.1, 0.15) is 11.3 Å². The van der Waals surface area contributed by atoms with Crippen LogP contribution < -0.4 is 5.56 Å². The maximum absolute atomic E-state index is 12.5. The highest BCUT2D eigenvalue weighted by atomic mass is 32.1. The average Bonchev–Trinajstić information content (AvgIpc) is 3.22. The zero-order valence-corrected chi connectivity index (χ0v) is 15.0. The van der Waals surface area contributed by atoms with Gasteiger partial charge in [-0.25, -0.2) is 9.97 Å². The SMILES string of the molecule is Cc1nc(-c2ncc(C(=O)N(C)Cc3noc(C4CC4)n3)c(=O)[nH]2)cs1. The predicted octanol–water partition coefficient (Wildman–Crippen LogP) is 1.73. The molecule has 3 aromatic rings. The van der Waals surface area contributed by atoms with E-state index in [4.69, 9.17) is 4.52 Å². The van der Waals surface area contributed by atoms with Crippen molar-refractivity contribution in [3.8, 4) is 11.5 Å². The number of rotatable bonds is 5. The van der Waals surface area contributed by atoms with Gasteiger partial charge < -0.3 is 14.4 Å². The van der Waals surface area contributed by atoms with Gasteiger partial charge in [0.2, 0.25) is 5.89 Å². The summed E-state index contributed by atoms with van der Waals surface area (Å²) < 4.78 is 5.18. The second kappa shape index (κ2) is 6.45. The number of carbonyl (C=O) groups excluding carboxylic acids is 1. The van der Waals surface area contributed by atoms with Gasteiger partial charge in [-0.1, -0.05) is 5.16 Å². The largest absolute Gasteiger partial charge is 0.339 e. The minimum atomic E-state index is -0.510. The molecule has 9 nitrogen and oxygen atoms in total. The fourth-order valence-electron chi connectivity index (χ4n) is 2.47. The Morgan fingerprint density at radius 1 is 1.42 bits per heavy atom. The van der Waals surface area contributed by atoms with E-state index in [1.165, 1.54) is 22.4 Å². The number of amides is 1. The van der Waals surface area contributed by atoms with Crippen LogP contribution in [0.3, 0.4) is 0 Å². The Hall–Kier alpha value is -2.88. The predicted molar refractivity (Wildman–Crippen MR) is 92.8 cm³/mol. The summed E-state index contributed by atoms with van der Waals surface area (Å²) in [6.07, 6.45) is 3.39. The van der Waals surface area contributed by atoms with Gasteiger partial charge in [-0.15, -0.1) is 11.3 Å². The molecule has 1 saturated carbocycles. The van der Waals surface area contributed by atoms with Crippen molar-refractivity contribution in [1.29, 1.82) is 0 Å². The molecule has 4 rings (SSSR count). The lowest BCUT2D eigenvalue weighted by molar-refractivity contribution is 0.0778. The highest BCUT2D eigenvalue weighted by Crippen LogP contribution is 2.38. The summed E-state index contributed by atoms with van der Waals surface area (Å²) in [6, 6.07) is 0. The van der Waals surface area contributed by atoms with Gasteiger partial charge in [-0.05, 0) is 19.8 Å². The van der Waals surface area contributed by atoms with E-state index in [2.05, 4.69) is 25.1 Å². The first kappa shape index (κ1) is 16.6. The number of carbonyl (C=O) groups is 1. The molecule has 10 heteroatoms. The van der Waals surface area contributed by atoms with Gasteiger partial charge in [0.15, 0.2) is 11.6 Å². The van der Waals surface area contributed by atoms with Crippen LogP contribution in [0.1, 0.15) is 45.8 Å². The number of H-pyrrole nitrogens is 1. The molecule has 26 heavy (non-hydrogen) atoms. The molecular formula is C16H16N6O3S. The zero-order valence-electron chi connectivity index (χ0n) is 14.2. The third kappa shape index (κ3) is 3.27. The van der Waals surface area contributed by atoms with Crippen LogP contribution >= 0.6 is 11.3 Å². The van der Waals surface area contributed by atoms with Crippen LogP contribution in [-0.2, 0) is 6.54 Å². The fraction of sp³-hybridized carbons (Fsp3) is 0.375. The molecule has 3 heterocycles. The number of hydrogen-bond donors (Lipinski definition) is 1. The fourth-order valence-corrected chi connectivity index (χ4v) is 3.06. The molecule has 1 fully saturated rings. The molecule has 1 aliphatic carbocycles. The molecule has 0 spiro atoms. The molecule has 0 unspecified atom stereocenters. The van der Waals surface area contributed by atoms with Gasteiger partial charge in [0.05, 0.1) is 11.6 Å². The van der Waals surface area contributed by atoms with Crippen molar-refractivity contribution >= 4 is 17.2 Å². The van der Waals surface area contributed by atoms with Crippen molar-refractivity contribution in [1.82, 2.24) is 30.0 Å². The van der Waals surface area contributed by atoms with E-state index in [0.29, 0.717) is 29.2 Å². The van der Waals surface area contributed by atoms with Crippen LogP contribution in [0.4, 0.5) is 0 Å². The number of aromatic amines is 1. The summed E-state index contributed by atoms with van der Waals surface area (Å²) in [5.41, 5.74) is 0.0229. The lowest BCUT2D eigenvalue weighted by atomic mass is 10.3. The van der Waals surface area contributed by atoms with E-state index in [0.717, 1.165) is 17.8 Å². The Labute approximate surface area is 152 Å². The van der Waals surface area contributed by atoms with Gasteiger partial charge in [0.25, 0.3) is 11.5 Å². The lowest BCUT2D eigenvalue weighted by Crippen LogP contribution is -2.32. The molecule has 1 aliphatic rings. The van der Waals surface area contributed by atoms with Gasteiger partial charge in [-0.3, -0.25) is 9.59 Å². The van der Waals surface area contributed by atoms with E-state index >= 15 is 0 Å². The summed E-state index contributed by atoms with van der Waals surface area (Å²) in [6.45, 7) is 2.02. The molecule has 1 amide bonds. The number of nitrogens with one attached hydrogen (secondary N) is 1. The van der Waals surface area contributed by atoms with Crippen LogP contribution in [0, 0.1) is 6.92 Å². The second-order valence-electron chi connectivity index (χ2n) is 6.21. The summed E-state index contributed by atoms with van der Waals surface area (Å²) in [5.74, 6) is 1.26. The first-order chi connectivity index (χ1) is 12.5. The highest BCUT2D eigenvalue weighted by Gasteiger charge is 2.30. The van der Waals surface area contributed by atoms with Crippen LogP contribution in [0.25, 0.3) is 11.5 Å². The zero-order chi connectivity index (χ0) is 18.3. The molecule has 0 bridgehead atoms. The molecule has 3 aromatic heterocycles. The van der Waals surface area contributed by atoms with Crippen LogP contribution in [0.5, 0.6) is 0 Å². The van der Waals surface area contributed by atoms with Crippen molar-refractivity contribution in [3.05, 3.63) is 44.2 Å². The van der Waals surface area contributed by atoms with Crippen molar-refractivity contribution in [2.24, 2.45) is 0 Å². The molecular weight excluding hydrogens is 356 g/mol. The van der Waals surface area contributed by atoms with E-state index < -0.39 is 11.5 Å². The molecule has 0 saturated heterocycles. The van der Waals surface area contributed by atoms with Gasteiger partial charge in [0, 0.05) is 24.5 Å². The van der Waals surface area contributed by atoms with Gasteiger partial charge in [-0.2, -0.15) is 4.98 Å². The van der Waals surface area contributed by atoms with E-state index in [1.54, 1.807) is 12.4 Å². The minimum Gasteiger partial charge on any atom is -0.339 e. The Balaban J connectivity index is 1.50. The van der Waals surface area contributed by atoms with E-state index in [9.17, 15) is 9.59 Å². The molecule has 1 N–H and O–H groups in total. The van der Waals surface area contributed by atoms with Crippen LogP contribution in [0.2, 0.25) is 0 Å². The van der Waals surface area contributed by atoms with Crippen molar-refractivity contribution in [3.63, 3.8) is 0 Å². The van der Waals surface area contributed by atoms with Gasteiger partial charge >= 0.3 is 0 Å². The molecule has 134 valence electrons. The van der Waals surface area contributed by atoms with E-state index in [-0.39, 0.29) is 12.1 Å². The van der Waals surface area contributed by atoms with Crippen molar-refractivity contribution in [2.45, 2.75) is 32.2 Å². The van der Waals surface area contributed by atoms with Crippen molar-refractivity contribution < 1.29 is 9.32 Å². The first-order valence-electron chi connectivity index (χ1n) is 8.11. The third-order valence-electron chi connectivity index (χ3n) is 4.03. The highest BCUT2D eigenvalue weighted by molar-refractivity contribution is 7.09. The number of aromatic nitrogens is 5. The normalized spacial score (nSPS) is 13.8. The maximum atomic E-state index is 12.5. The van der Waals surface area contributed by atoms with Crippen molar-refractivity contribution in [2.75, 3.05) is 7.05 Å². The summed E-state index contributed by atoms with van der Waals surface area (Å²) in [4.78, 5) is 41.5. The Morgan fingerprint density at radius 2 is 2.23 bits per heavy atom. The lowest BCUT2D eigenvalue weighted by Gasteiger charge is -2.14. The Kier molecular flexibility index (Phi) is 4.11. The summed E-state index contributed by atoms with van der Waals surface area (Å²) >= 11 is 1.46. The number of hydrogen-bond acceptors (Lipinski definition) is 8. The molecule has 0 aliphatic heterocycles. The summed E-state index contributed by atoms with van der Waals surface area (Å²) in [5, 5.41) is 6.55. The standard InChI is InChI=1S/C16H16N6O3S/c1-8-18-11(7-26-8)13-17-5-10(14(23)20-13)16(24)22(2)6-12-19-15(25-21-12)9-3-4-9/h5,7,9H,3-4,6H2,1-2H3,(H,17,20,23). The van der Waals surface area contributed by atoms with E-state index in [1.807, 2.05) is 6.92 Å².